The van der Waals surface area contributed by atoms with Gasteiger partial charge in [0.25, 0.3) is 0 Å². The minimum Gasteiger partial charge on any atom is -0.481 e. The van der Waals surface area contributed by atoms with Gasteiger partial charge in [0.15, 0.2) is 0 Å². The Morgan fingerprint density at radius 2 is 1.49 bits per heavy atom. The number of carboxylic acids is 1. The van der Waals surface area contributed by atoms with Crippen LogP contribution in [-0.4, -0.2) is 103 Å². The third kappa shape index (κ3) is 21.4. The van der Waals surface area contributed by atoms with E-state index in [4.69, 9.17) is 15.2 Å². The molecular formula is C36H64N6O9. The molecule has 0 aliphatic carbocycles. The molecule has 0 bridgehead atoms. The highest BCUT2D eigenvalue weighted by molar-refractivity contribution is 5.83. The molecule has 0 unspecified atom stereocenters. The molecule has 0 aromatic heterocycles. The van der Waals surface area contributed by atoms with Crippen LogP contribution in [0.1, 0.15) is 99.8 Å². The lowest BCUT2D eigenvalue weighted by Crippen LogP contribution is -2.48. The molecule has 292 valence electrons. The van der Waals surface area contributed by atoms with E-state index < -0.39 is 48.0 Å². The normalized spacial score (nSPS) is 24.5. The van der Waals surface area contributed by atoms with Crippen molar-refractivity contribution in [3.05, 3.63) is 12.2 Å². The SMILES string of the molecule is CC[C@H](C)[C@H]1CC(=O)N[C@@H](C)CC(=O)N[C@H](CC(=O)N[C@H](CC(=O)O)CC(C)C)COC/C=C/COC[C@H](NC(=O)C[C@@H](N)C(C)C)CC(=O)N1. The van der Waals surface area contributed by atoms with Crippen molar-refractivity contribution in [1.29, 1.82) is 0 Å². The zero-order chi connectivity index (χ0) is 38.5. The Morgan fingerprint density at radius 1 is 0.882 bits per heavy atom. The fraction of sp³-hybridized carbons (Fsp3) is 0.778. The second-order valence-electron chi connectivity index (χ2n) is 14.5. The maximum Gasteiger partial charge on any atom is 0.305 e. The van der Waals surface area contributed by atoms with Crippen LogP contribution in [0, 0.1) is 17.8 Å². The van der Waals surface area contributed by atoms with E-state index in [1.54, 1.807) is 19.1 Å². The predicted molar refractivity (Wildman–Crippen MR) is 193 cm³/mol. The highest BCUT2D eigenvalue weighted by atomic mass is 16.5. The van der Waals surface area contributed by atoms with Crippen molar-refractivity contribution in [2.24, 2.45) is 23.5 Å². The van der Waals surface area contributed by atoms with E-state index in [0.29, 0.717) is 12.8 Å². The van der Waals surface area contributed by atoms with Gasteiger partial charge < -0.3 is 46.9 Å². The summed E-state index contributed by atoms with van der Waals surface area (Å²) in [5.41, 5.74) is 6.09. The van der Waals surface area contributed by atoms with Crippen LogP contribution < -0.4 is 32.3 Å². The van der Waals surface area contributed by atoms with Crippen LogP contribution in [0.3, 0.4) is 0 Å². The fourth-order valence-corrected chi connectivity index (χ4v) is 5.53. The van der Waals surface area contributed by atoms with Crippen LogP contribution in [0.5, 0.6) is 0 Å². The summed E-state index contributed by atoms with van der Waals surface area (Å²) in [6.45, 7) is 13.7. The van der Waals surface area contributed by atoms with Gasteiger partial charge in [0.1, 0.15) is 0 Å². The fourth-order valence-electron chi connectivity index (χ4n) is 5.53. The van der Waals surface area contributed by atoms with Crippen molar-refractivity contribution in [2.45, 2.75) is 136 Å². The van der Waals surface area contributed by atoms with Crippen LogP contribution in [0.15, 0.2) is 12.2 Å². The van der Waals surface area contributed by atoms with E-state index in [9.17, 15) is 33.9 Å². The van der Waals surface area contributed by atoms with Gasteiger partial charge in [-0.05, 0) is 31.1 Å². The summed E-state index contributed by atoms with van der Waals surface area (Å²) in [5.74, 6) is -2.60. The molecule has 0 saturated carbocycles. The number of aliphatic carboxylic acids is 1. The summed E-state index contributed by atoms with van der Waals surface area (Å²) in [7, 11) is 0. The van der Waals surface area contributed by atoms with Crippen molar-refractivity contribution >= 4 is 35.5 Å². The molecule has 1 rings (SSSR count). The maximum absolute atomic E-state index is 13.2. The Kier molecular flexibility index (Phi) is 21.9. The smallest absolute Gasteiger partial charge is 0.305 e. The molecule has 0 fully saturated rings. The molecule has 8 N–H and O–H groups in total. The van der Waals surface area contributed by atoms with E-state index >= 15 is 0 Å². The summed E-state index contributed by atoms with van der Waals surface area (Å²) >= 11 is 0. The summed E-state index contributed by atoms with van der Waals surface area (Å²) < 4.78 is 11.5. The van der Waals surface area contributed by atoms with Crippen molar-refractivity contribution in [1.82, 2.24) is 26.6 Å². The van der Waals surface area contributed by atoms with E-state index in [1.165, 1.54) is 0 Å². The largest absolute Gasteiger partial charge is 0.481 e. The van der Waals surface area contributed by atoms with Gasteiger partial charge in [-0.3, -0.25) is 28.8 Å². The first kappa shape index (κ1) is 45.5. The second kappa shape index (κ2) is 24.6. The van der Waals surface area contributed by atoms with Gasteiger partial charge in [0.05, 0.1) is 44.9 Å². The quantitative estimate of drug-likeness (QED) is 0.136. The van der Waals surface area contributed by atoms with Gasteiger partial charge in [-0.15, -0.1) is 0 Å². The Balaban J connectivity index is 3.13. The van der Waals surface area contributed by atoms with Crippen molar-refractivity contribution < 1.29 is 43.3 Å². The van der Waals surface area contributed by atoms with Crippen molar-refractivity contribution in [2.75, 3.05) is 26.4 Å². The minimum atomic E-state index is -1.02. The first-order chi connectivity index (χ1) is 24.0. The number of rotatable bonds is 13. The first-order valence-corrected chi connectivity index (χ1v) is 18.2. The number of carbonyl (C=O) groups is 6. The van der Waals surface area contributed by atoms with Gasteiger partial charge in [-0.25, -0.2) is 0 Å². The molecule has 5 amide bonds. The number of nitrogens with one attached hydrogen (secondary N) is 5. The summed E-state index contributed by atoms with van der Waals surface area (Å²) in [6.07, 6.45) is 4.20. The molecule has 0 saturated heterocycles. The second-order valence-corrected chi connectivity index (χ2v) is 14.5. The van der Waals surface area contributed by atoms with E-state index in [0.717, 1.165) is 0 Å². The number of ether oxygens (including phenoxy) is 2. The lowest BCUT2D eigenvalue weighted by Gasteiger charge is -2.26. The van der Waals surface area contributed by atoms with E-state index in [1.807, 2.05) is 41.5 Å². The van der Waals surface area contributed by atoms with Gasteiger partial charge in [0, 0.05) is 56.3 Å². The molecule has 1 heterocycles. The van der Waals surface area contributed by atoms with Gasteiger partial charge in [-0.1, -0.05) is 60.1 Å². The Hall–Kier alpha value is -3.56. The molecule has 1 aliphatic rings. The lowest BCUT2D eigenvalue weighted by atomic mass is 9.95. The third-order valence-electron chi connectivity index (χ3n) is 8.63. The molecule has 0 aromatic carbocycles. The van der Waals surface area contributed by atoms with Gasteiger partial charge in [0.2, 0.25) is 29.5 Å². The molecule has 7 atom stereocenters. The summed E-state index contributed by atoms with van der Waals surface area (Å²) in [6, 6.07) is -3.31. The molecule has 51 heavy (non-hydrogen) atoms. The van der Waals surface area contributed by atoms with Crippen molar-refractivity contribution in [3.63, 3.8) is 0 Å². The van der Waals surface area contributed by atoms with Gasteiger partial charge in [-0.2, -0.15) is 0 Å². The molecule has 15 heteroatoms. The lowest BCUT2D eigenvalue weighted by molar-refractivity contribution is -0.138. The van der Waals surface area contributed by atoms with Crippen LogP contribution in [-0.2, 0) is 38.2 Å². The first-order valence-electron chi connectivity index (χ1n) is 18.2. The molecule has 0 aromatic rings. The highest BCUT2D eigenvalue weighted by Crippen LogP contribution is 2.13. The topological polar surface area (TPSA) is 227 Å². The zero-order valence-electron chi connectivity index (χ0n) is 31.6. The zero-order valence-corrected chi connectivity index (χ0v) is 31.6. The van der Waals surface area contributed by atoms with Crippen LogP contribution >= 0.6 is 0 Å². The number of hydrogen-bond acceptors (Lipinski definition) is 9. The summed E-state index contributed by atoms with van der Waals surface area (Å²) in [5, 5.41) is 23.5. The Bertz CT molecular complexity index is 1150. The number of hydrogen-bond donors (Lipinski definition) is 7. The average Bonchev–Trinajstić information content (AvgIpc) is 2.99. The van der Waals surface area contributed by atoms with Crippen molar-refractivity contribution in [3.8, 4) is 0 Å². The standard InChI is InChI=1S/C36H64N6O9/c1-8-24(6)30-19-35(47)38-25(7)14-31(43)40-27(15-32(44)39-26(13-22(2)3)17-36(48)49)20-50-11-9-10-12-51-21-28(16-33(45)42-30)41-34(46)18-29(37)23(4)5/h9-10,22-30H,8,11-21,37H2,1-7H3,(H,38,47)(H,39,44)(H,40,43)(H,41,46)(H,42,45)(H,48,49)/b10-9+/t24-,25-,26-,27+,28+,29+,30+/m0/s1. The average molecular weight is 725 g/mol. The predicted octanol–water partition coefficient (Wildman–Crippen LogP) is 1.53. The maximum atomic E-state index is 13.2. The van der Waals surface area contributed by atoms with Gasteiger partial charge >= 0.3 is 5.97 Å². The monoisotopic (exact) mass is 724 g/mol. The molecule has 1 aliphatic heterocycles. The highest BCUT2D eigenvalue weighted by Gasteiger charge is 2.27. The number of amides is 5. The van der Waals surface area contributed by atoms with E-state index in [-0.39, 0.29) is 106 Å². The number of nitrogens with two attached hydrogens (primary N) is 1. The Morgan fingerprint density at radius 3 is 2.08 bits per heavy atom. The number of carboxylic acid groups (broad SMARTS) is 1. The summed E-state index contributed by atoms with van der Waals surface area (Å²) in [4.78, 5) is 76.4. The molecular weight excluding hydrogens is 660 g/mol. The third-order valence-corrected chi connectivity index (χ3v) is 8.63. The minimum absolute atomic E-state index is 0.00411. The molecule has 0 spiro atoms. The van der Waals surface area contributed by atoms with E-state index in [2.05, 4.69) is 26.6 Å². The number of carbonyl (C=O) groups excluding carboxylic acids is 5. The Labute approximate surface area is 303 Å². The molecule has 0 radical (unpaired) electrons. The molecule has 15 nitrogen and oxygen atoms in total. The van der Waals surface area contributed by atoms with Crippen LogP contribution in [0.4, 0.5) is 0 Å². The van der Waals surface area contributed by atoms with Crippen LogP contribution in [0.2, 0.25) is 0 Å². The van der Waals surface area contributed by atoms with Crippen LogP contribution in [0.25, 0.3) is 0 Å².